The highest BCUT2D eigenvalue weighted by Crippen LogP contribution is 2.39. The van der Waals surface area contributed by atoms with E-state index in [-0.39, 0.29) is 49.7 Å². The van der Waals surface area contributed by atoms with E-state index in [0.717, 1.165) is 37.2 Å². The van der Waals surface area contributed by atoms with E-state index < -0.39 is 29.0 Å². The number of unbranched alkanes of at least 4 members (excludes halogenated alkanes) is 1. The fourth-order valence-electron chi connectivity index (χ4n) is 7.53. The number of esters is 2. The summed E-state index contributed by atoms with van der Waals surface area (Å²) in [4.78, 5) is 24.2. The Kier molecular flexibility index (Phi) is 17.5. The van der Waals surface area contributed by atoms with Crippen molar-refractivity contribution >= 4 is 11.9 Å². The van der Waals surface area contributed by atoms with E-state index in [2.05, 4.69) is 32.2 Å². The summed E-state index contributed by atoms with van der Waals surface area (Å²) >= 11 is 0. The van der Waals surface area contributed by atoms with E-state index in [4.69, 9.17) is 14.2 Å². The summed E-state index contributed by atoms with van der Waals surface area (Å²) in [5.74, 6) is -0.685. The molecule has 0 radical (unpaired) electrons. The molecule has 310 valence electrons. The SMILES string of the molecule is C=C(C)C(=O)OCCCc1cc(-c2c(F)cc(-c3ccc(C4CCC(C)CC4)cc3)cc2F)cc(CCCOC(=O)C(=C)C)c1OCCC(CO)(CO)CCCC. The molecule has 0 heterocycles. The molecule has 0 bridgehead atoms. The minimum absolute atomic E-state index is 0.0901. The number of hydrogen-bond acceptors (Lipinski definition) is 7. The van der Waals surface area contributed by atoms with Crippen LogP contribution in [-0.2, 0) is 31.9 Å². The Bertz CT molecular complexity index is 1740. The fraction of sp³-hybridized carbons (Fsp3) is 0.500. The number of carbonyl (C=O) groups is 2. The lowest BCUT2D eigenvalue weighted by molar-refractivity contribution is -0.139. The van der Waals surface area contributed by atoms with Gasteiger partial charge in [0, 0.05) is 16.6 Å². The molecule has 0 aromatic heterocycles. The molecule has 1 fully saturated rings. The van der Waals surface area contributed by atoms with Crippen LogP contribution in [-0.4, -0.2) is 55.2 Å². The van der Waals surface area contributed by atoms with Gasteiger partial charge in [0.15, 0.2) is 0 Å². The highest BCUT2D eigenvalue weighted by Gasteiger charge is 2.29. The van der Waals surface area contributed by atoms with E-state index in [1.54, 1.807) is 26.0 Å². The zero-order valence-electron chi connectivity index (χ0n) is 34.4. The molecule has 1 aliphatic rings. The van der Waals surface area contributed by atoms with Gasteiger partial charge in [0.2, 0.25) is 0 Å². The van der Waals surface area contributed by atoms with Crippen LogP contribution in [0, 0.1) is 23.0 Å². The third kappa shape index (κ3) is 12.8. The van der Waals surface area contributed by atoms with Gasteiger partial charge in [0.1, 0.15) is 17.4 Å². The average Bonchev–Trinajstić information content (AvgIpc) is 3.20. The molecule has 2 N–H and O–H groups in total. The van der Waals surface area contributed by atoms with Crippen LogP contribution in [0.5, 0.6) is 5.75 Å². The topological polar surface area (TPSA) is 102 Å². The van der Waals surface area contributed by atoms with Gasteiger partial charge in [-0.15, -0.1) is 0 Å². The standard InChI is InChI=1S/C48H62F2O7/c1-7-8-21-48(30-51,31-52)22-25-55-45-38(11-9-23-56-46(53)32(2)3)26-41(27-39(45)12-10-24-57-47(54)33(4)5)44-42(49)28-40(29-43(44)50)37-19-17-36(18-20-37)35-15-13-34(6)14-16-35/h17-20,26-29,34-35,51-52H,2,4,7-16,21-25,30-31H2,1,3,5-6H3. The number of carbonyl (C=O) groups excluding carboxylic acids is 2. The van der Waals surface area contributed by atoms with E-state index in [1.165, 1.54) is 30.5 Å². The first-order valence-electron chi connectivity index (χ1n) is 20.6. The zero-order chi connectivity index (χ0) is 41.5. The molecule has 0 amide bonds. The van der Waals surface area contributed by atoms with Crippen molar-refractivity contribution in [3.63, 3.8) is 0 Å². The summed E-state index contributed by atoms with van der Waals surface area (Å²) in [6, 6.07) is 14.2. The molecule has 0 saturated heterocycles. The third-order valence-corrected chi connectivity index (χ3v) is 11.3. The van der Waals surface area contributed by atoms with Gasteiger partial charge in [0.05, 0.1) is 38.6 Å². The number of ether oxygens (including phenoxy) is 3. The molecule has 0 unspecified atom stereocenters. The maximum atomic E-state index is 16.3. The molecule has 1 saturated carbocycles. The Labute approximate surface area is 338 Å². The van der Waals surface area contributed by atoms with Crippen molar-refractivity contribution < 1.29 is 42.8 Å². The number of aliphatic hydroxyl groups excluding tert-OH is 2. The van der Waals surface area contributed by atoms with Gasteiger partial charge in [-0.3, -0.25) is 0 Å². The molecule has 0 aliphatic heterocycles. The summed E-state index contributed by atoms with van der Waals surface area (Å²) in [6.07, 6.45) is 8.92. The van der Waals surface area contributed by atoms with Crippen molar-refractivity contribution in [3.05, 3.63) is 101 Å². The molecule has 57 heavy (non-hydrogen) atoms. The van der Waals surface area contributed by atoms with Gasteiger partial charge in [-0.2, -0.15) is 0 Å². The van der Waals surface area contributed by atoms with Crippen LogP contribution >= 0.6 is 0 Å². The first-order valence-corrected chi connectivity index (χ1v) is 20.6. The predicted molar refractivity (Wildman–Crippen MR) is 222 cm³/mol. The van der Waals surface area contributed by atoms with Crippen molar-refractivity contribution in [1.82, 2.24) is 0 Å². The number of hydrogen-bond donors (Lipinski definition) is 2. The van der Waals surface area contributed by atoms with Crippen molar-refractivity contribution in [2.24, 2.45) is 11.3 Å². The maximum absolute atomic E-state index is 16.3. The highest BCUT2D eigenvalue weighted by molar-refractivity contribution is 5.87. The molecule has 0 atom stereocenters. The zero-order valence-corrected chi connectivity index (χ0v) is 34.4. The van der Waals surface area contributed by atoms with Crippen LogP contribution in [0.15, 0.2) is 72.8 Å². The molecular formula is C48H62F2O7. The molecule has 1 aliphatic carbocycles. The number of aliphatic hydroxyl groups is 2. The van der Waals surface area contributed by atoms with Crippen molar-refractivity contribution in [3.8, 4) is 28.0 Å². The van der Waals surface area contributed by atoms with Gasteiger partial charge in [-0.05, 0) is 135 Å². The molecule has 7 nitrogen and oxygen atoms in total. The van der Waals surface area contributed by atoms with Crippen LogP contribution in [0.1, 0.15) is 115 Å². The van der Waals surface area contributed by atoms with Crippen molar-refractivity contribution in [2.45, 2.75) is 111 Å². The fourth-order valence-corrected chi connectivity index (χ4v) is 7.53. The number of rotatable bonds is 22. The summed E-state index contributed by atoms with van der Waals surface area (Å²) in [7, 11) is 0. The normalized spacial score (nSPS) is 15.6. The Morgan fingerprint density at radius 3 is 1.74 bits per heavy atom. The Morgan fingerprint density at radius 1 is 0.737 bits per heavy atom. The van der Waals surface area contributed by atoms with Crippen LogP contribution in [0.25, 0.3) is 22.3 Å². The van der Waals surface area contributed by atoms with Crippen molar-refractivity contribution in [2.75, 3.05) is 33.0 Å². The molecular weight excluding hydrogens is 727 g/mol. The lowest BCUT2D eigenvalue weighted by atomic mass is 9.79. The van der Waals surface area contributed by atoms with Gasteiger partial charge < -0.3 is 24.4 Å². The lowest BCUT2D eigenvalue weighted by Crippen LogP contribution is -2.32. The van der Waals surface area contributed by atoms with Crippen LogP contribution in [0.4, 0.5) is 8.78 Å². The minimum Gasteiger partial charge on any atom is -0.493 e. The Morgan fingerprint density at radius 2 is 1.26 bits per heavy atom. The first-order chi connectivity index (χ1) is 27.3. The summed E-state index contributed by atoms with van der Waals surface area (Å²) < 4.78 is 49.7. The molecule has 3 aromatic carbocycles. The molecule has 4 rings (SSSR count). The second-order valence-corrected chi connectivity index (χ2v) is 16.1. The van der Waals surface area contributed by atoms with E-state index in [9.17, 15) is 19.8 Å². The summed E-state index contributed by atoms with van der Waals surface area (Å²) in [5.41, 5.74) is 3.69. The first kappa shape index (κ1) is 45.4. The smallest absolute Gasteiger partial charge is 0.333 e. The minimum atomic E-state index is -0.729. The second-order valence-electron chi connectivity index (χ2n) is 16.1. The van der Waals surface area contributed by atoms with Gasteiger partial charge >= 0.3 is 11.9 Å². The van der Waals surface area contributed by atoms with Gasteiger partial charge in [-0.25, -0.2) is 18.4 Å². The predicted octanol–water partition coefficient (Wildman–Crippen LogP) is 10.6. The summed E-state index contributed by atoms with van der Waals surface area (Å²) in [5, 5.41) is 20.5. The number of halogens is 2. The van der Waals surface area contributed by atoms with Crippen LogP contribution in [0.2, 0.25) is 0 Å². The molecule has 0 spiro atoms. The highest BCUT2D eigenvalue weighted by atomic mass is 19.1. The Hall–Kier alpha value is -4.34. The van der Waals surface area contributed by atoms with E-state index >= 15 is 8.78 Å². The quantitative estimate of drug-likeness (QED) is 0.0594. The Balaban J connectivity index is 1.71. The van der Waals surface area contributed by atoms with Crippen molar-refractivity contribution in [1.29, 1.82) is 0 Å². The van der Waals surface area contributed by atoms with Crippen LogP contribution in [0.3, 0.4) is 0 Å². The number of benzene rings is 3. The monoisotopic (exact) mass is 788 g/mol. The molecule has 3 aromatic rings. The average molecular weight is 789 g/mol. The largest absolute Gasteiger partial charge is 0.493 e. The third-order valence-electron chi connectivity index (χ3n) is 11.3. The van der Waals surface area contributed by atoms with E-state index in [0.29, 0.717) is 72.4 Å². The van der Waals surface area contributed by atoms with Gasteiger partial charge in [0.25, 0.3) is 0 Å². The number of aryl methyl sites for hydroxylation is 2. The summed E-state index contributed by atoms with van der Waals surface area (Å²) in [6.45, 7) is 14.7. The van der Waals surface area contributed by atoms with Crippen LogP contribution < -0.4 is 4.74 Å². The molecule has 9 heteroatoms. The van der Waals surface area contributed by atoms with E-state index in [1.807, 2.05) is 19.1 Å². The van der Waals surface area contributed by atoms with Gasteiger partial charge in [-0.1, -0.05) is 77.0 Å². The maximum Gasteiger partial charge on any atom is 0.333 e. The second kappa shape index (κ2) is 22.0. The lowest BCUT2D eigenvalue weighted by Gasteiger charge is -2.30.